The Hall–Kier alpha value is -1.55. The van der Waals surface area contributed by atoms with E-state index in [2.05, 4.69) is 9.80 Å². The Kier molecular flexibility index (Phi) is 6.35. The van der Waals surface area contributed by atoms with Crippen LogP contribution in [0, 0.1) is 0 Å². The molecule has 1 atom stereocenters. The van der Waals surface area contributed by atoms with E-state index in [9.17, 15) is 4.79 Å². The van der Waals surface area contributed by atoms with E-state index in [-0.39, 0.29) is 12.0 Å². The van der Waals surface area contributed by atoms with Gasteiger partial charge in [-0.3, -0.25) is 4.79 Å². The zero-order valence-corrected chi connectivity index (χ0v) is 15.7. The first-order valence-electron chi connectivity index (χ1n) is 9.93. The van der Waals surface area contributed by atoms with E-state index in [1.54, 1.807) is 0 Å². The average Bonchev–Trinajstić information content (AvgIpc) is 3.13. The lowest BCUT2D eigenvalue weighted by Gasteiger charge is -2.36. The van der Waals surface area contributed by atoms with Crippen molar-refractivity contribution < 1.29 is 9.53 Å². The summed E-state index contributed by atoms with van der Waals surface area (Å²) in [7, 11) is 0. The van der Waals surface area contributed by atoms with Crippen molar-refractivity contribution in [2.24, 2.45) is 0 Å². The highest BCUT2D eigenvalue weighted by atomic mass is 16.5. The molecule has 4 nitrogen and oxygen atoms in total. The van der Waals surface area contributed by atoms with Crippen molar-refractivity contribution in [3.63, 3.8) is 0 Å². The number of hydrogen-bond acceptors (Lipinski definition) is 3. The van der Waals surface area contributed by atoms with Gasteiger partial charge in [0.1, 0.15) is 5.75 Å². The monoisotopic (exact) mass is 344 g/mol. The molecule has 2 saturated heterocycles. The first kappa shape index (κ1) is 18.2. The normalized spacial score (nSPS) is 21.7. The van der Waals surface area contributed by atoms with Gasteiger partial charge < -0.3 is 14.5 Å². The quantitative estimate of drug-likeness (QED) is 0.783. The lowest BCUT2D eigenvalue weighted by Crippen LogP contribution is -2.45. The van der Waals surface area contributed by atoms with Crippen LogP contribution in [0.4, 0.5) is 0 Å². The molecule has 2 aliphatic rings. The van der Waals surface area contributed by atoms with E-state index in [4.69, 9.17) is 4.74 Å². The van der Waals surface area contributed by atoms with Crippen molar-refractivity contribution in [3.8, 4) is 5.75 Å². The standard InChI is InChI=1S/C21H32N2O2/c1-17(2)25-20-10-8-18(9-11-20)21(24)23-15-4-3-7-19(23)12-16-22-13-5-6-14-22/h8-11,17,19H,3-7,12-16H2,1-2H3. The molecule has 2 aliphatic heterocycles. The van der Waals surface area contributed by atoms with Crippen molar-refractivity contribution >= 4 is 5.91 Å². The smallest absolute Gasteiger partial charge is 0.254 e. The molecule has 2 heterocycles. The van der Waals surface area contributed by atoms with Crippen LogP contribution in [0.1, 0.15) is 62.7 Å². The summed E-state index contributed by atoms with van der Waals surface area (Å²) in [6.45, 7) is 8.52. The number of likely N-dealkylation sites (tertiary alicyclic amines) is 2. The molecule has 0 radical (unpaired) electrons. The fourth-order valence-electron chi connectivity index (χ4n) is 4.02. The fourth-order valence-corrected chi connectivity index (χ4v) is 4.02. The van der Waals surface area contributed by atoms with Gasteiger partial charge in [-0.15, -0.1) is 0 Å². The number of carbonyl (C=O) groups excluding carboxylic acids is 1. The summed E-state index contributed by atoms with van der Waals surface area (Å²) < 4.78 is 5.68. The number of hydrogen-bond donors (Lipinski definition) is 0. The van der Waals surface area contributed by atoms with E-state index < -0.39 is 0 Å². The third-order valence-electron chi connectivity index (χ3n) is 5.34. The van der Waals surface area contributed by atoms with Gasteiger partial charge in [-0.05, 0) is 89.7 Å². The van der Waals surface area contributed by atoms with E-state index in [0.29, 0.717) is 6.04 Å². The fraction of sp³-hybridized carbons (Fsp3) is 0.667. The van der Waals surface area contributed by atoms with Crippen LogP contribution in [0.15, 0.2) is 24.3 Å². The predicted octanol–water partition coefficient (Wildman–Crippen LogP) is 3.95. The summed E-state index contributed by atoms with van der Waals surface area (Å²) in [5, 5.41) is 0. The second-order valence-electron chi connectivity index (χ2n) is 7.68. The molecule has 138 valence electrons. The Balaban J connectivity index is 1.61. The van der Waals surface area contributed by atoms with Crippen LogP contribution >= 0.6 is 0 Å². The molecule has 1 unspecified atom stereocenters. The van der Waals surface area contributed by atoms with Gasteiger partial charge in [0, 0.05) is 24.7 Å². The first-order valence-corrected chi connectivity index (χ1v) is 9.93. The number of carbonyl (C=O) groups is 1. The van der Waals surface area contributed by atoms with Crippen molar-refractivity contribution in [1.29, 1.82) is 0 Å². The lowest BCUT2D eigenvalue weighted by atomic mass is 9.98. The number of amides is 1. The third kappa shape index (κ3) is 4.97. The molecule has 0 spiro atoms. The highest BCUT2D eigenvalue weighted by Gasteiger charge is 2.28. The van der Waals surface area contributed by atoms with Crippen LogP contribution in [0.5, 0.6) is 5.75 Å². The summed E-state index contributed by atoms with van der Waals surface area (Å²) in [6.07, 6.45) is 7.44. The minimum atomic E-state index is 0.151. The second-order valence-corrected chi connectivity index (χ2v) is 7.68. The van der Waals surface area contributed by atoms with Crippen molar-refractivity contribution in [2.45, 2.75) is 64.5 Å². The van der Waals surface area contributed by atoms with Gasteiger partial charge in [0.25, 0.3) is 5.91 Å². The van der Waals surface area contributed by atoms with Gasteiger partial charge in [-0.25, -0.2) is 0 Å². The van der Waals surface area contributed by atoms with E-state index in [0.717, 1.165) is 43.7 Å². The van der Waals surface area contributed by atoms with Crippen LogP contribution in [-0.4, -0.2) is 54.0 Å². The topological polar surface area (TPSA) is 32.8 Å². The molecule has 0 aliphatic carbocycles. The Morgan fingerprint density at radius 3 is 2.44 bits per heavy atom. The van der Waals surface area contributed by atoms with Crippen LogP contribution in [0.25, 0.3) is 0 Å². The van der Waals surface area contributed by atoms with Gasteiger partial charge in [-0.1, -0.05) is 0 Å². The Bertz CT molecular complexity index is 550. The minimum Gasteiger partial charge on any atom is -0.491 e. The summed E-state index contributed by atoms with van der Waals surface area (Å²) in [5.74, 6) is 1.01. The molecule has 1 amide bonds. The Morgan fingerprint density at radius 2 is 1.76 bits per heavy atom. The van der Waals surface area contributed by atoms with Crippen LogP contribution in [0.3, 0.4) is 0 Å². The molecule has 0 bridgehead atoms. The highest BCUT2D eigenvalue weighted by molar-refractivity contribution is 5.94. The number of nitrogens with zero attached hydrogens (tertiary/aromatic N) is 2. The predicted molar refractivity (Wildman–Crippen MR) is 101 cm³/mol. The molecule has 0 saturated carbocycles. The maximum Gasteiger partial charge on any atom is 0.254 e. The second kappa shape index (κ2) is 8.70. The third-order valence-corrected chi connectivity index (χ3v) is 5.34. The molecule has 25 heavy (non-hydrogen) atoms. The van der Waals surface area contributed by atoms with Crippen molar-refractivity contribution in [2.75, 3.05) is 26.2 Å². The maximum atomic E-state index is 13.0. The van der Waals surface area contributed by atoms with Gasteiger partial charge in [0.2, 0.25) is 0 Å². The molecular weight excluding hydrogens is 312 g/mol. The number of ether oxygens (including phenoxy) is 1. The molecule has 0 N–H and O–H groups in total. The van der Waals surface area contributed by atoms with Gasteiger partial charge in [0.15, 0.2) is 0 Å². The molecular formula is C21H32N2O2. The first-order chi connectivity index (χ1) is 12.1. The van der Waals surface area contributed by atoms with Gasteiger partial charge in [0.05, 0.1) is 6.10 Å². The van der Waals surface area contributed by atoms with E-state index in [1.165, 1.54) is 32.4 Å². The molecule has 1 aromatic carbocycles. The van der Waals surface area contributed by atoms with E-state index in [1.807, 2.05) is 38.1 Å². The highest BCUT2D eigenvalue weighted by Crippen LogP contribution is 2.24. The largest absolute Gasteiger partial charge is 0.491 e. The molecule has 2 fully saturated rings. The zero-order chi connectivity index (χ0) is 17.6. The zero-order valence-electron chi connectivity index (χ0n) is 15.7. The molecule has 4 heteroatoms. The van der Waals surface area contributed by atoms with Crippen molar-refractivity contribution in [3.05, 3.63) is 29.8 Å². The van der Waals surface area contributed by atoms with E-state index >= 15 is 0 Å². The number of rotatable bonds is 6. The lowest BCUT2D eigenvalue weighted by molar-refractivity contribution is 0.0588. The average molecular weight is 344 g/mol. The number of benzene rings is 1. The number of piperidine rings is 1. The van der Waals surface area contributed by atoms with Crippen LogP contribution in [0.2, 0.25) is 0 Å². The molecule has 1 aromatic rings. The summed E-state index contributed by atoms with van der Waals surface area (Å²) >= 11 is 0. The van der Waals surface area contributed by atoms with Crippen molar-refractivity contribution in [1.82, 2.24) is 9.80 Å². The van der Waals surface area contributed by atoms with Crippen LogP contribution < -0.4 is 4.74 Å². The Labute approximate surface area is 152 Å². The van der Waals surface area contributed by atoms with Crippen LogP contribution in [-0.2, 0) is 0 Å². The summed E-state index contributed by atoms with van der Waals surface area (Å²) in [5.41, 5.74) is 0.782. The molecule has 3 rings (SSSR count). The maximum absolute atomic E-state index is 13.0. The minimum absolute atomic E-state index is 0.151. The SMILES string of the molecule is CC(C)Oc1ccc(C(=O)N2CCCCC2CCN2CCCC2)cc1. The summed E-state index contributed by atoms with van der Waals surface area (Å²) in [4.78, 5) is 17.7. The van der Waals surface area contributed by atoms with Gasteiger partial charge >= 0.3 is 0 Å². The summed E-state index contributed by atoms with van der Waals surface area (Å²) in [6, 6.07) is 8.04. The van der Waals surface area contributed by atoms with Gasteiger partial charge in [-0.2, -0.15) is 0 Å². The molecule has 0 aromatic heterocycles. The Morgan fingerprint density at radius 1 is 1.08 bits per heavy atom.